The molecule has 0 radical (unpaired) electrons. The summed E-state index contributed by atoms with van der Waals surface area (Å²) in [6.07, 6.45) is 6.11. The van der Waals surface area contributed by atoms with E-state index in [1.54, 1.807) is 0 Å². The van der Waals surface area contributed by atoms with Gasteiger partial charge in [0.1, 0.15) is 0 Å². The van der Waals surface area contributed by atoms with Crippen molar-refractivity contribution in [1.82, 2.24) is 9.80 Å². The van der Waals surface area contributed by atoms with E-state index in [4.69, 9.17) is 0 Å². The zero-order valence-electron chi connectivity index (χ0n) is 16.5. The van der Waals surface area contributed by atoms with E-state index < -0.39 is 5.41 Å². The first-order chi connectivity index (χ1) is 12.2. The topological polar surface area (TPSA) is 47.3 Å². The maximum absolute atomic E-state index is 12.6. The van der Waals surface area contributed by atoms with Gasteiger partial charge in [-0.15, -0.1) is 11.3 Å². The Hall–Kier alpha value is -1.38. The summed E-state index contributed by atoms with van der Waals surface area (Å²) >= 11 is 1.87. The van der Waals surface area contributed by atoms with Crippen LogP contribution in [0, 0.1) is 22.2 Å². The summed E-state index contributed by atoms with van der Waals surface area (Å²) in [5, 5.41) is 11.4. The molecular weight excluding hydrogens is 342 g/mol. The highest BCUT2D eigenvalue weighted by Crippen LogP contribution is 2.52. The molecule has 1 aliphatic heterocycles. The van der Waals surface area contributed by atoms with Crippen molar-refractivity contribution < 1.29 is 4.79 Å². The zero-order chi connectivity index (χ0) is 19.0. The van der Waals surface area contributed by atoms with Crippen LogP contribution in [-0.2, 0) is 10.3 Å². The van der Waals surface area contributed by atoms with Gasteiger partial charge < -0.3 is 4.90 Å². The summed E-state index contributed by atoms with van der Waals surface area (Å²) in [6.45, 7) is 5.43. The Morgan fingerprint density at radius 3 is 2.54 bits per heavy atom. The first kappa shape index (κ1) is 19.4. The Morgan fingerprint density at radius 1 is 1.31 bits per heavy atom. The van der Waals surface area contributed by atoms with Crippen molar-refractivity contribution in [2.24, 2.45) is 10.8 Å². The average Bonchev–Trinajstić information content (AvgIpc) is 3.26. The van der Waals surface area contributed by atoms with Gasteiger partial charge in [-0.25, -0.2) is 0 Å². The predicted molar refractivity (Wildman–Crippen MR) is 106 cm³/mol. The molecule has 1 spiro atoms. The van der Waals surface area contributed by atoms with Crippen LogP contribution < -0.4 is 0 Å². The number of nitriles is 1. The van der Waals surface area contributed by atoms with Crippen molar-refractivity contribution >= 4 is 17.2 Å². The van der Waals surface area contributed by atoms with Gasteiger partial charge in [0.2, 0.25) is 5.91 Å². The van der Waals surface area contributed by atoms with Gasteiger partial charge in [-0.2, -0.15) is 5.26 Å². The van der Waals surface area contributed by atoms with Gasteiger partial charge in [-0.05, 0) is 76.9 Å². The number of rotatable bonds is 4. The molecule has 2 heterocycles. The fourth-order valence-corrected chi connectivity index (χ4v) is 5.80. The number of likely N-dealkylation sites (tertiary alicyclic amines) is 1. The van der Waals surface area contributed by atoms with E-state index >= 15 is 0 Å². The SMILES string of the molecule is CN(C)C1(c2cccs2)CCC2(CCN(C(=O)CC(C)(C)C#N)C2)CC1. The largest absolute Gasteiger partial charge is 0.342 e. The molecule has 4 nitrogen and oxygen atoms in total. The van der Waals surface area contributed by atoms with Gasteiger partial charge in [0, 0.05) is 24.4 Å². The minimum absolute atomic E-state index is 0.149. The van der Waals surface area contributed by atoms with Crippen LogP contribution in [0.2, 0.25) is 0 Å². The van der Waals surface area contributed by atoms with E-state index in [1.165, 1.54) is 17.7 Å². The van der Waals surface area contributed by atoms with Crippen LogP contribution in [0.5, 0.6) is 0 Å². The minimum Gasteiger partial charge on any atom is -0.342 e. The molecule has 3 rings (SSSR count). The van der Waals surface area contributed by atoms with Crippen LogP contribution in [0.15, 0.2) is 17.5 Å². The Morgan fingerprint density at radius 2 is 2.00 bits per heavy atom. The van der Waals surface area contributed by atoms with Crippen molar-refractivity contribution in [3.05, 3.63) is 22.4 Å². The van der Waals surface area contributed by atoms with Gasteiger partial charge in [0.05, 0.1) is 17.0 Å². The number of hydrogen-bond donors (Lipinski definition) is 0. The van der Waals surface area contributed by atoms with Crippen LogP contribution in [0.3, 0.4) is 0 Å². The molecule has 1 aromatic rings. The van der Waals surface area contributed by atoms with Crippen LogP contribution >= 0.6 is 11.3 Å². The fraction of sp³-hybridized carbons (Fsp3) is 0.714. The van der Waals surface area contributed by atoms with Crippen molar-refractivity contribution in [3.63, 3.8) is 0 Å². The number of thiophene rings is 1. The van der Waals surface area contributed by atoms with Crippen LogP contribution in [-0.4, -0.2) is 42.9 Å². The lowest BCUT2D eigenvalue weighted by atomic mass is 9.66. The Balaban J connectivity index is 1.66. The maximum atomic E-state index is 12.6. The molecule has 5 heteroatoms. The quantitative estimate of drug-likeness (QED) is 0.793. The third-order valence-corrected chi connectivity index (χ3v) is 7.72. The third kappa shape index (κ3) is 3.54. The lowest BCUT2D eigenvalue weighted by molar-refractivity contribution is -0.132. The molecule has 0 N–H and O–H groups in total. The zero-order valence-corrected chi connectivity index (χ0v) is 17.4. The number of amides is 1. The highest BCUT2D eigenvalue weighted by atomic mass is 32.1. The first-order valence-corrected chi connectivity index (χ1v) is 10.5. The van der Waals surface area contributed by atoms with Crippen molar-refractivity contribution in [3.8, 4) is 6.07 Å². The Kier molecular flexibility index (Phi) is 5.20. The maximum Gasteiger partial charge on any atom is 0.224 e. The van der Waals surface area contributed by atoms with Crippen LogP contribution in [0.1, 0.15) is 57.2 Å². The third-order valence-electron chi connectivity index (χ3n) is 6.66. The smallest absolute Gasteiger partial charge is 0.224 e. The van der Waals surface area contributed by atoms with Gasteiger partial charge in [0.15, 0.2) is 0 Å². The Labute approximate surface area is 161 Å². The molecular formula is C21H31N3OS. The molecule has 26 heavy (non-hydrogen) atoms. The second-order valence-corrected chi connectivity index (χ2v) is 10.1. The monoisotopic (exact) mass is 373 g/mol. The van der Waals surface area contributed by atoms with Gasteiger partial charge >= 0.3 is 0 Å². The van der Waals surface area contributed by atoms with Gasteiger partial charge in [-0.3, -0.25) is 9.69 Å². The molecule has 0 aromatic carbocycles. The van der Waals surface area contributed by atoms with E-state index in [9.17, 15) is 10.1 Å². The molecule has 0 atom stereocenters. The van der Waals surface area contributed by atoms with E-state index in [1.807, 2.05) is 30.1 Å². The number of carbonyl (C=O) groups is 1. The normalized spacial score (nSPS) is 29.3. The van der Waals surface area contributed by atoms with E-state index in [2.05, 4.69) is 42.6 Å². The summed E-state index contributed by atoms with van der Waals surface area (Å²) in [7, 11) is 4.40. The first-order valence-electron chi connectivity index (χ1n) is 9.63. The predicted octanol–water partition coefficient (Wildman–Crippen LogP) is 4.24. The molecule has 142 valence electrons. The molecule has 1 saturated carbocycles. The van der Waals surface area contributed by atoms with E-state index in [0.29, 0.717) is 6.42 Å². The minimum atomic E-state index is -0.571. The number of nitrogens with zero attached hydrogens (tertiary/aromatic N) is 3. The van der Waals surface area contributed by atoms with Crippen LogP contribution in [0.25, 0.3) is 0 Å². The molecule has 0 bridgehead atoms. The highest BCUT2D eigenvalue weighted by Gasteiger charge is 2.48. The Bertz CT molecular complexity index is 679. The summed E-state index contributed by atoms with van der Waals surface area (Å²) in [4.78, 5) is 18.5. The number of hydrogen-bond acceptors (Lipinski definition) is 4. The van der Waals surface area contributed by atoms with E-state index in [0.717, 1.165) is 32.4 Å². The van der Waals surface area contributed by atoms with Gasteiger partial charge in [-0.1, -0.05) is 6.07 Å². The molecule has 1 amide bonds. The fourth-order valence-electron chi connectivity index (χ4n) is 4.74. The summed E-state index contributed by atoms with van der Waals surface area (Å²) in [5.74, 6) is 0.149. The summed E-state index contributed by atoms with van der Waals surface area (Å²) in [6, 6.07) is 6.68. The van der Waals surface area contributed by atoms with Crippen molar-refractivity contribution in [2.45, 2.75) is 57.9 Å². The van der Waals surface area contributed by atoms with Crippen molar-refractivity contribution in [1.29, 1.82) is 5.26 Å². The van der Waals surface area contributed by atoms with Crippen LogP contribution in [0.4, 0.5) is 0 Å². The summed E-state index contributed by atoms with van der Waals surface area (Å²) in [5.41, 5.74) is -0.137. The molecule has 1 saturated heterocycles. The average molecular weight is 374 g/mol. The van der Waals surface area contributed by atoms with Crippen molar-refractivity contribution in [2.75, 3.05) is 27.2 Å². The van der Waals surface area contributed by atoms with Gasteiger partial charge in [0.25, 0.3) is 0 Å². The lowest BCUT2D eigenvalue weighted by Crippen LogP contribution is -2.47. The summed E-state index contributed by atoms with van der Waals surface area (Å²) < 4.78 is 0. The molecule has 2 fully saturated rings. The second-order valence-electron chi connectivity index (χ2n) is 9.14. The molecule has 1 aromatic heterocycles. The second kappa shape index (κ2) is 6.98. The molecule has 1 aliphatic carbocycles. The standard InChI is InChI=1S/C21H31N3OS/c1-19(2,15-22)14-18(25)24-12-11-20(16-24)7-9-21(10-8-20,23(3)4)17-6-5-13-26-17/h5-6,13H,7-12,14,16H2,1-4H3. The number of carbonyl (C=O) groups excluding carboxylic acids is 1. The lowest BCUT2D eigenvalue weighted by Gasteiger charge is -2.48. The van der Waals surface area contributed by atoms with E-state index in [-0.39, 0.29) is 16.9 Å². The highest BCUT2D eigenvalue weighted by molar-refractivity contribution is 7.10. The molecule has 0 unspecified atom stereocenters. The molecule has 2 aliphatic rings.